The summed E-state index contributed by atoms with van der Waals surface area (Å²) in [6, 6.07) is 0. The first kappa shape index (κ1) is 8.95. The Hall–Kier alpha value is -1.14. The van der Waals surface area contributed by atoms with Gasteiger partial charge in [0.1, 0.15) is 5.54 Å². The molecule has 0 fully saturated rings. The largest absolute Gasteiger partial charge is 0.396 e. The van der Waals surface area contributed by atoms with Gasteiger partial charge in [-0.15, -0.1) is 11.8 Å². The van der Waals surface area contributed by atoms with E-state index in [9.17, 15) is 0 Å². The van der Waals surface area contributed by atoms with Crippen LogP contribution in [0.15, 0.2) is 22.5 Å². The second kappa shape index (κ2) is 4.03. The minimum absolute atomic E-state index is 0.120. The molecule has 1 aliphatic rings. The summed E-state index contributed by atoms with van der Waals surface area (Å²) < 4.78 is 0. The third-order valence-corrected chi connectivity index (χ3v) is 1.82. The van der Waals surface area contributed by atoms with Gasteiger partial charge in [0.05, 0.1) is 0 Å². The van der Waals surface area contributed by atoms with Crippen molar-refractivity contribution in [3.8, 4) is 11.8 Å². The molecule has 1 unspecified atom stereocenters. The first-order chi connectivity index (χ1) is 5.83. The van der Waals surface area contributed by atoms with Crippen molar-refractivity contribution in [1.82, 2.24) is 0 Å². The number of rotatable bonds is 3. The summed E-state index contributed by atoms with van der Waals surface area (Å²) in [7, 11) is 0. The van der Waals surface area contributed by atoms with Gasteiger partial charge in [0.25, 0.3) is 0 Å². The van der Waals surface area contributed by atoms with Crippen LogP contribution in [0.3, 0.4) is 0 Å². The molecule has 64 valence electrons. The smallest absolute Gasteiger partial charge is 0.115 e. The average Bonchev–Trinajstić information content (AvgIpc) is 2.51. The van der Waals surface area contributed by atoms with Gasteiger partial charge in [-0.2, -0.15) is 10.2 Å². The number of hydrogen-bond acceptors (Lipinski definition) is 3. The summed E-state index contributed by atoms with van der Waals surface area (Å²) in [5.74, 6) is 5.76. The summed E-state index contributed by atoms with van der Waals surface area (Å²) >= 11 is 0. The molecule has 0 aromatic carbocycles. The molecule has 0 saturated carbocycles. The van der Waals surface area contributed by atoms with Crippen LogP contribution < -0.4 is 0 Å². The summed E-state index contributed by atoms with van der Waals surface area (Å²) in [6.45, 7) is 1.91. The fourth-order valence-corrected chi connectivity index (χ4v) is 1.10. The van der Waals surface area contributed by atoms with E-state index in [2.05, 4.69) is 22.1 Å². The van der Waals surface area contributed by atoms with Crippen LogP contribution in [0.4, 0.5) is 0 Å². The topological polar surface area (TPSA) is 45.0 Å². The highest BCUT2D eigenvalue weighted by molar-refractivity contribution is 5.16. The van der Waals surface area contributed by atoms with Crippen LogP contribution in [0.1, 0.15) is 19.8 Å². The zero-order valence-corrected chi connectivity index (χ0v) is 7.12. The van der Waals surface area contributed by atoms with E-state index in [1.54, 1.807) is 13.1 Å². The summed E-state index contributed by atoms with van der Waals surface area (Å²) in [6.07, 6.45) is 4.80. The van der Waals surface area contributed by atoms with Gasteiger partial charge in [-0.3, -0.25) is 0 Å². The van der Waals surface area contributed by atoms with Gasteiger partial charge in [-0.05, 0) is 13.0 Å². The van der Waals surface area contributed by atoms with Crippen LogP contribution in [0, 0.1) is 11.8 Å². The zero-order valence-electron chi connectivity index (χ0n) is 7.12. The van der Waals surface area contributed by atoms with Crippen molar-refractivity contribution in [3.05, 3.63) is 12.3 Å². The third-order valence-electron chi connectivity index (χ3n) is 1.82. The van der Waals surface area contributed by atoms with Gasteiger partial charge in [0.15, 0.2) is 0 Å². The molecule has 12 heavy (non-hydrogen) atoms. The Kier molecular flexibility index (Phi) is 3.01. The number of azo groups is 1. The predicted octanol–water partition coefficient (Wildman–Crippen LogP) is 1.50. The van der Waals surface area contributed by atoms with Crippen molar-refractivity contribution in [2.45, 2.75) is 25.3 Å². The Morgan fingerprint density at radius 3 is 2.92 bits per heavy atom. The van der Waals surface area contributed by atoms with Crippen molar-refractivity contribution in [1.29, 1.82) is 0 Å². The summed E-state index contributed by atoms with van der Waals surface area (Å²) in [5, 5.41) is 16.6. The van der Waals surface area contributed by atoms with Crippen molar-refractivity contribution >= 4 is 0 Å². The van der Waals surface area contributed by atoms with E-state index in [-0.39, 0.29) is 12.1 Å². The lowest BCUT2D eigenvalue weighted by molar-refractivity contribution is 0.258. The highest BCUT2D eigenvalue weighted by Crippen LogP contribution is 2.26. The predicted molar refractivity (Wildman–Crippen MR) is 46.5 cm³/mol. The van der Waals surface area contributed by atoms with Crippen LogP contribution in [0.25, 0.3) is 0 Å². The molecule has 1 N–H and O–H groups in total. The second-order valence-electron chi connectivity index (χ2n) is 2.71. The molecule has 0 aliphatic carbocycles. The lowest BCUT2D eigenvalue weighted by atomic mass is 9.93. The molecular weight excluding hydrogens is 152 g/mol. The fourth-order valence-electron chi connectivity index (χ4n) is 1.10. The van der Waals surface area contributed by atoms with Crippen LogP contribution in [0.2, 0.25) is 0 Å². The van der Waals surface area contributed by atoms with E-state index in [0.29, 0.717) is 12.8 Å². The SMILES string of the molecule is CC#CCC1(CCO)C=CN=N1. The van der Waals surface area contributed by atoms with Gasteiger partial charge in [0, 0.05) is 25.6 Å². The van der Waals surface area contributed by atoms with E-state index < -0.39 is 0 Å². The standard InChI is InChI=1S/C9H12N2O/c1-2-3-4-9(6-8-12)5-7-10-11-9/h5,7,12H,4,6,8H2,1H3. The molecular formula is C9H12N2O. The van der Waals surface area contributed by atoms with E-state index in [1.165, 1.54) is 0 Å². The fraction of sp³-hybridized carbons (Fsp3) is 0.556. The molecule has 0 aromatic rings. The quantitative estimate of drug-likeness (QED) is 0.631. The summed E-state index contributed by atoms with van der Waals surface area (Å²) in [4.78, 5) is 0. The summed E-state index contributed by atoms with van der Waals surface area (Å²) in [5.41, 5.74) is -0.349. The van der Waals surface area contributed by atoms with Crippen molar-refractivity contribution in [3.63, 3.8) is 0 Å². The van der Waals surface area contributed by atoms with Crippen molar-refractivity contribution < 1.29 is 5.11 Å². The molecule has 1 atom stereocenters. The maximum Gasteiger partial charge on any atom is 0.115 e. The first-order valence-electron chi connectivity index (χ1n) is 3.93. The molecule has 0 spiro atoms. The van der Waals surface area contributed by atoms with Crippen molar-refractivity contribution in [2.75, 3.05) is 6.61 Å². The monoisotopic (exact) mass is 164 g/mol. The number of hydrogen-bond donors (Lipinski definition) is 1. The maximum atomic E-state index is 8.81. The first-order valence-corrected chi connectivity index (χ1v) is 3.93. The highest BCUT2D eigenvalue weighted by atomic mass is 16.3. The highest BCUT2D eigenvalue weighted by Gasteiger charge is 2.27. The molecule has 1 rings (SSSR count). The molecule has 1 aliphatic heterocycles. The van der Waals surface area contributed by atoms with E-state index in [4.69, 9.17) is 5.11 Å². The van der Waals surface area contributed by atoms with Gasteiger partial charge in [-0.25, -0.2) is 0 Å². The van der Waals surface area contributed by atoms with Crippen LogP contribution in [-0.4, -0.2) is 17.3 Å². The Labute approximate surface area is 72.2 Å². The minimum atomic E-state index is -0.349. The molecule has 3 heteroatoms. The Morgan fingerprint density at radius 2 is 2.42 bits per heavy atom. The normalized spacial score (nSPS) is 25.5. The van der Waals surface area contributed by atoms with Gasteiger partial charge >= 0.3 is 0 Å². The minimum Gasteiger partial charge on any atom is -0.396 e. The molecule has 0 saturated heterocycles. The maximum absolute atomic E-state index is 8.81. The third kappa shape index (κ3) is 1.93. The number of nitrogens with zero attached hydrogens (tertiary/aromatic N) is 2. The molecule has 0 amide bonds. The van der Waals surface area contributed by atoms with Gasteiger partial charge in [-0.1, -0.05) is 0 Å². The second-order valence-corrected chi connectivity index (χ2v) is 2.71. The Balaban J connectivity index is 2.64. The average molecular weight is 164 g/mol. The van der Waals surface area contributed by atoms with E-state index in [0.717, 1.165) is 0 Å². The Morgan fingerprint density at radius 1 is 1.58 bits per heavy atom. The zero-order chi connectivity index (χ0) is 8.86. The lowest BCUT2D eigenvalue weighted by Gasteiger charge is -2.17. The molecule has 0 radical (unpaired) electrons. The molecule has 1 heterocycles. The van der Waals surface area contributed by atoms with Crippen LogP contribution in [-0.2, 0) is 0 Å². The van der Waals surface area contributed by atoms with Gasteiger partial charge < -0.3 is 5.11 Å². The van der Waals surface area contributed by atoms with Crippen LogP contribution in [0.5, 0.6) is 0 Å². The number of aliphatic hydroxyl groups is 1. The van der Waals surface area contributed by atoms with Gasteiger partial charge in [0.2, 0.25) is 0 Å². The molecule has 0 bridgehead atoms. The van der Waals surface area contributed by atoms with E-state index in [1.807, 2.05) is 6.08 Å². The van der Waals surface area contributed by atoms with E-state index >= 15 is 0 Å². The van der Waals surface area contributed by atoms with Crippen LogP contribution >= 0.6 is 0 Å². The number of aliphatic hydroxyl groups excluding tert-OH is 1. The Bertz CT molecular complexity index is 245. The van der Waals surface area contributed by atoms with Crippen molar-refractivity contribution in [2.24, 2.45) is 10.2 Å². The molecule has 3 nitrogen and oxygen atoms in total. The molecule has 0 aromatic heterocycles. The lowest BCUT2D eigenvalue weighted by Crippen LogP contribution is -2.22.